The molecule has 5 nitrogen and oxygen atoms in total. The fourth-order valence-electron chi connectivity index (χ4n) is 2.32. The van der Waals surface area contributed by atoms with Crippen LogP contribution < -0.4 is 4.80 Å². The Morgan fingerprint density at radius 2 is 2.12 bits per heavy atom. The van der Waals surface area contributed by atoms with Gasteiger partial charge in [-0.25, -0.2) is 4.79 Å². The molecular weight excluding hydrogens is 392 g/mol. The number of thiophene rings is 1. The Labute approximate surface area is 162 Å². The van der Waals surface area contributed by atoms with Gasteiger partial charge in [0, 0.05) is 0 Å². The van der Waals surface area contributed by atoms with Gasteiger partial charge in [-0.05, 0) is 37.3 Å². The van der Waals surface area contributed by atoms with E-state index in [0.29, 0.717) is 26.2 Å². The van der Waals surface area contributed by atoms with Crippen LogP contribution in [0.15, 0.2) is 35.3 Å². The van der Waals surface area contributed by atoms with Crippen molar-refractivity contribution in [2.45, 2.75) is 13.5 Å². The van der Waals surface area contributed by atoms with E-state index in [9.17, 15) is 9.59 Å². The third-order valence-electron chi connectivity index (χ3n) is 3.42. The van der Waals surface area contributed by atoms with Crippen LogP contribution in [-0.2, 0) is 11.3 Å². The molecule has 0 fully saturated rings. The zero-order valence-corrected chi connectivity index (χ0v) is 16.1. The van der Waals surface area contributed by atoms with Gasteiger partial charge in [-0.1, -0.05) is 28.9 Å². The molecule has 0 radical (unpaired) electrons. The minimum absolute atomic E-state index is 0.260. The number of carbonyl (C=O) groups is 2. The number of amides is 1. The smallest absolute Gasteiger partial charge is 0.338 e. The predicted molar refractivity (Wildman–Crippen MR) is 104 cm³/mol. The molecule has 3 aromatic rings. The Morgan fingerprint density at radius 1 is 1.31 bits per heavy atom. The lowest BCUT2D eigenvalue weighted by Crippen LogP contribution is -2.16. The number of hydrogen-bond acceptors (Lipinski definition) is 5. The number of terminal acetylenes is 1. The normalized spacial score (nSPS) is 11.5. The molecule has 2 aromatic heterocycles. The van der Waals surface area contributed by atoms with Crippen LogP contribution in [0.5, 0.6) is 0 Å². The fourth-order valence-corrected chi connectivity index (χ4v) is 4.31. The first-order valence-electron chi connectivity index (χ1n) is 7.62. The van der Waals surface area contributed by atoms with Crippen LogP contribution in [0.25, 0.3) is 10.2 Å². The molecule has 0 N–H and O–H groups in total. The second-order valence-electron chi connectivity index (χ2n) is 5.10. The van der Waals surface area contributed by atoms with Crippen LogP contribution in [0.3, 0.4) is 0 Å². The second-order valence-corrected chi connectivity index (χ2v) is 7.82. The van der Waals surface area contributed by atoms with Gasteiger partial charge < -0.3 is 9.30 Å². The van der Waals surface area contributed by atoms with Crippen molar-refractivity contribution >= 4 is 56.4 Å². The Hall–Kier alpha value is -2.40. The maximum absolute atomic E-state index is 12.4. The summed E-state index contributed by atoms with van der Waals surface area (Å²) in [6, 6.07) is 8.46. The van der Waals surface area contributed by atoms with Gasteiger partial charge in [-0.2, -0.15) is 4.99 Å². The summed E-state index contributed by atoms with van der Waals surface area (Å²) in [7, 11) is 0. The van der Waals surface area contributed by atoms with Crippen LogP contribution in [0.1, 0.15) is 27.0 Å². The van der Waals surface area contributed by atoms with Gasteiger partial charge in [-0.3, -0.25) is 4.79 Å². The molecule has 0 saturated carbocycles. The molecule has 3 rings (SSSR count). The van der Waals surface area contributed by atoms with E-state index >= 15 is 0 Å². The van der Waals surface area contributed by atoms with Crippen molar-refractivity contribution in [2.24, 2.45) is 4.99 Å². The standard InChI is InChI=1S/C18H13ClN2O3S2/c1-3-9-21-12-6-5-11(17(23)24-4-2)10-14(12)26-18(21)20-16(22)13-7-8-15(19)25-13/h1,5-8,10H,4,9H2,2H3. The second kappa shape index (κ2) is 7.87. The number of esters is 1. The summed E-state index contributed by atoms with van der Waals surface area (Å²) >= 11 is 8.33. The molecule has 26 heavy (non-hydrogen) atoms. The Morgan fingerprint density at radius 3 is 2.77 bits per heavy atom. The van der Waals surface area contributed by atoms with Crippen molar-refractivity contribution in [3.8, 4) is 12.3 Å². The Kier molecular flexibility index (Phi) is 5.57. The molecule has 1 amide bonds. The average Bonchev–Trinajstić information content (AvgIpc) is 3.19. The number of halogens is 1. The largest absolute Gasteiger partial charge is 0.462 e. The van der Waals surface area contributed by atoms with Gasteiger partial charge in [0.1, 0.15) is 0 Å². The van der Waals surface area contributed by atoms with Crippen LogP contribution in [0, 0.1) is 12.3 Å². The molecule has 0 aliphatic rings. The summed E-state index contributed by atoms with van der Waals surface area (Å²) in [5, 5.41) is 0. The number of nitrogens with zero attached hydrogens (tertiary/aromatic N) is 2. The molecule has 0 spiro atoms. The number of thiazole rings is 1. The van der Waals surface area contributed by atoms with Crippen LogP contribution in [0.2, 0.25) is 4.34 Å². The summed E-state index contributed by atoms with van der Waals surface area (Å²) in [6.45, 7) is 2.31. The third kappa shape index (κ3) is 3.73. The molecule has 0 aliphatic carbocycles. The van der Waals surface area contributed by atoms with E-state index < -0.39 is 5.97 Å². The van der Waals surface area contributed by atoms with Crippen molar-refractivity contribution in [1.29, 1.82) is 0 Å². The third-order valence-corrected chi connectivity index (χ3v) is 5.68. The summed E-state index contributed by atoms with van der Waals surface area (Å²) in [6.07, 6.45) is 5.46. The molecule has 1 aromatic carbocycles. The highest BCUT2D eigenvalue weighted by molar-refractivity contribution is 7.18. The zero-order chi connectivity index (χ0) is 18.7. The quantitative estimate of drug-likeness (QED) is 0.488. The molecular formula is C18H13ClN2O3S2. The maximum Gasteiger partial charge on any atom is 0.338 e. The summed E-state index contributed by atoms with van der Waals surface area (Å²) in [4.78, 5) is 29.4. The highest BCUT2D eigenvalue weighted by Crippen LogP contribution is 2.23. The molecule has 0 saturated heterocycles. The van der Waals surface area contributed by atoms with Crippen molar-refractivity contribution < 1.29 is 14.3 Å². The number of ether oxygens (including phenoxy) is 1. The zero-order valence-electron chi connectivity index (χ0n) is 13.7. The number of aromatic nitrogens is 1. The van der Waals surface area contributed by atoms with Crippen LogP contribution in [-0.4, -0.2) is 23.1 Å². The lowest BCUT2D eigenvalue weighted by molar-refractivity contribution is 0.0526. The van der Waals surface area contributed by atoms with Gasteiger partial charge in [0.15, 0.2) is 4.80 Å². The fraction of sp³-hybridized carbons (Fsp3) is 0.167. The van der Waals surface area contributed by atoms with Crippen LogP contribution in [0.4, 0.5) is 0 Å². The van der Waals surface area contributed by atoms with E-state index in [1.165, 1.54) is 22.7 Å². The highest BCUT2D eigenvalue weighted by Gasteiger charge is 2.13. The van der Waals surface area contributed by atoms with E-state index in [1.54, 1.807) is 41.8 Å². The lowest BCUT2D eigenvalue weighted by Gasteiger charge is -2.03. The summed E-state index contributed by atoms with van der Waals surface area (Å²) in [5.74, 6) is 1.79. The molecule has 0 atom stereocenters. The molecule has 0 aliphatic heterocycles. The van der Waals surface area contributed by atoms with Gasteiger partial charge in [0.25, 0.3) is 5.91 Å². The predicted octanol–water partition coefficient (Wildman–Crippen LogP) is 3.97. The molecule has 132 valence electrons. The average molecular weight is 405 g/mol. The Balaban J connectivity index is 2.10. The SMILES string of the molecule is C#CCn1c(=NC(=O)c2ccc(Cl)s2)sc2cc(C(=O)OCC)ccc21. The number of rotatable bonds is 4. The van der Waals surface area contributed by atoms with Crippen molar-refractivity contribution in [1.82, 2.24) is 4.57 Å². The number of carbonyl (C=O) groups excluding carboxylic acids is 2. The first-order chi connectivity index (χ1) is 12.5. The maximum atomic E-state index is 12.4. The molecule has 2 heterocycles. The van der Waals surface area contributed by atoms with Gasteiger partial charge in [-0.15, -0.1) is 17.8 Å². The number of fused-ring (bicyclic) bond motifs is 1. The van der Waals surface area contributed by atoms with E-state index in [1.807, 2.05) is 0 Å². The molecule has 0 bridgehead atoms. The first-order valence-corrected chi connectivity index (χ1v) is 9.63. The van der Waals surface area contributed by atoms with Crippen molar-refractivity contribution in [3.05, 3.63) is 49.9 Å². The van der Waals surface area contributed by atoms with Crippen molar-refractivity contribution in [2.75, 3.05) is 6.61 Å². The molecule has 8 heteroatoms. The van der Waals surface area contributed by atoms with E-state index in [0.717, 1.165) is 10.2 Å². The summed E-state index contributed by atoms with van der Waals surface area (Å²) < 4.78 is 8.11. The van der Waals surface area contributed by atoms with Crippen LogP contribution >= 0.6 is 34.3 Å². The molecule has 0 unspecified atom stereocenters. The number of benzene rings is 1. The number of hydrogen-bond donors (Lipinski definition) is 0. The van der Waals surface area contributed by atoms with Gasteiger partial charge in [0.05, 0.1) is 38.1 Å². The van der Waals surface area contributed by atoms with Gasteiger partial charge >= 0.3 is 5.97 Å². The lowest BCUT2D eigenvalue weighted by atomic mass is 10.2. The summed E-state index contributed by atoms with van der Waals surface area (Å²) in [5.41, 5.74) is 1.24. The Bertz CT molecular complexity index is 1100. The van der Waals surface area contributed by atoms with E-state index in [-0.39, 0.29) is 12.5 Å². The first kappa shape index (κ1) is 18.4. The van der Waals surface area contributed by atoms with E-state index in [4.69, 9.17) is 22.8 Å². The van der Waals surface area contributed by atoms with Crippen molar-refractivity contribution in [3.63, 3.8) is 0 Å². The minimum Gasteiger partial charge on any atom is -0.462 e. The van der Waals surface area contributed by atoms with Gasteiger partial charge in [0.2, 0.25) is 0 Å². The van der Waals surface area contributed by atoms with E-state index in [2.05, 4.69) is 10.9 Å². The highest BCUT2D eigenvalue weighted by atomic mass is 35.5. The monoisotopic (exact) mass is 404 g/mol. The topological polar surface area (TPSA) is 60.7 Å². The minimum atomic E-state index is -0.394.